The van der Waals surface area contributed by atoms with E-state index in [1.54, 1.807) is 21.3 Å². The van der Waals surface area contributed by atoms with E-state index in [-0.39, 0.29) is 11.2 Å². The molecule has 30 heavy (non-hydrogen) atoms. The smallest absolute Gasteiger partial charge is 0.233 e. The first kappa shape index (κ1) is 23.7. The van der Waals surface area contributed by atoms with Crippen molar-refractivity contribution in [3.05, 3.63) is 42.0 Å². The molecule has 2 rings (SSSR count). The van der Waals surface area contributed by atoms with Gasteiger partial charge in [-0.25, -0.2) is 0 Å². The van der Waals surface area contributed by atoms with Crippen molar-refractivity contribution in [3.8, 4) is 23.0 Å². The maximum Gasteiger partial charge on any atom is 0.233 e. The molecule has 0 spiro atoms. The van der Waals surface area contributed by atoms with Gasteiger partial charge in [0.2, 0.25) is 5.91 Å². The molecule has 164 valence electrons. The topological polar surface area (TPSA) is 66.0 Å². The van der Waals surface area contributed by atoms with Gasteiger partial charge in [-0.1, -0.05) is 6.07 Å². The van der Waals surface area contributed by atoms with Gasteiger partial charge in [-0.3, -0.25) is 4.79 Å². The van der Waals surface area contributed by atoms with Crippen LogP contribution in [0.1, 0.15) is 25.8 Å². The SMILES string of the molecule is CCOc1ccc(CCCNC(=O)[C@H](C)Sc2ccc(OC)c(OC)c2)cc1OC. The van der Waals surface area contributed by atoms with Crippen molar-refractivity contribution >= 4 is 17.7 Å². The van der Waals surface area contributed by atoms with E-state index in [4.69, 9.17) is 18.9 Å². The molecule has 0 saturated heterocycles. The number of carbonyl (C=O) groups is 1. The van der Waals surface area contributed by atoms with Gasteiger partial charge in [0.25, 0.3) is 0 Å². The Morgan fingerprint density at radius 3 is 2.30 bits per heavy atom. The van der Waals surface area contributed by atoms with Gasteiger partial charge in [-0.05, 0) is 62.6 Å². The van der Waals surface area contributed by atoms with Gasteiger partial charge in [0.15, 0.2) is 23.0 Å². The number of ether oxygens (including phenoxy) is 4. The lowest BCUT2D eigenvalue weighted by molar-refractivity contribution is -0.120. The summed E-state index contributed by atoms with van der Waals surface area (Å²) in [5, 5.41) is 2.80. The third kappa shape index (κ3) is 6.76. The Kier molecular flexibility index (Phi) is 9.67. The molecule has 0 heterocycles. The Bertz CT molecular complexity index is 827. The fourth-order valence-electron chi connectivity index (χ4n) is 2.94. The lowest BCUT2D eigenvalue weighted by Crippen LogP contribution is -2.31. The lowest BCUT2D eigenvalue weighted by Gasteiger charge is -2.14. The number of nitrogens with one attached hydrogen (secondary N) is 1. The van der Waals surface area contributed by atoms with Crippen LogP contribution >= 0.6 is 11.8 Å². The predicted molar refractivity (Wildman–Crippen MR) is 120 cm³/mol. The highest BCUT2D eigenvalue weighted by atomic mass is 32.2. The Hall–Kier alpha value is -2.54. The fraction of sp³-hybridized carbons (Fsp3) is 0.435. The second-order valence-corrected chi connectivity index (χ2v) is 8.00. The van der Waals surface area contributed by atoms with E-state index >= 15 is 0 Å². The molecule has 0 aliphatic rings. The number of hydrogen-bond donors (Lipinski definition) is 1. The highest BCUT2D eigenvalue weighted by Crippen LogP contribution is 2.33. The summed E-state index contributed by atoms with van der Waals surface area (Å²) in [6.07, 6.45) is 1.69. The second-order valence-electron chi connectivity index (χ2n) is 6.59. The van der Waals surface area contributed by atoms with Gasteiger partial charge in [0.1, 0.15) is 0 Å². The van der Waals surface area contributed by atoms with Gasteiger partial charge in [0, 0.05) is 11.4 Å². The van der Waals surface area contributed by atoms with Gasteiger partial charge in [-0.15, -0.1) is 11.8 Å². The highest BCUT2D eigenvalue weighted by molar-refractivity contribution is 8.00. The Morgan fingerprint density at radius 1 is 0.967 bits per heavy atom. The number of benzene rings is 2. The summed E-state index contributed by atoms with van der Waals surface area (Å²) in [6.45, 7) is 5.06. The molecule has 0 aromatic heterocycles. The zero-order valence-corrected chi connectivity index (χ0v) is 19.1. The highest BCUT2D eigenvalue weighted by Gasteiger charge is 2.15. The Labute approximate surface area is 183 Å². The normalized spacial score (nSPS) is 11.5. The van der Waals surface area contributed by atoms with Crippen LogP contribution in [0.2, 0.25) is 0 Å². The third-order valence-electron chi connectivity index (χ3n) is 4.51. The first-order valence-corrected chi connectivity index (χ1v) is 10.9. The van der Waals surface area contributed by atoms with Crippen LogP contribution in [0, 0.1) is 0 Å². The molecule has 1 N–H and O–H groups in total. The molecule has 0 saturated carbocycles. The molecule has 1 atom stereocenters. The molecule has 0 aliphatic carbocycles. The molecule has 2 aromatic rings. The molecule has 0 radical (unpaired) electrons. The van der Waals surface area contributed by atoms with Crippen molar-refractivity contribution in [1.29, 1.82) is 0 Å². The van der Waals surface area contributed by atoms with Crippen molar-refractivity contribution in [1.82, 2.24) is 5.32 Å². The van der Waals surface area contributed by atoms with Crippen molar-refractivity contribution in [2.75, 3.05) is 34.5 Å². The summed E-state index contributed by atoms with van der Waals surface area (Å²) in [6, 6.07) is 11.6. The molecule has 6 nitrogen and oxygen atoms in total. The first-order valence-electron chi connectivity index (χ1n) is 9.98. The van der Waals surface area contributed by atoms with Crippen molar-refractivity contribution in [2.24, 2.45) is 0 Å². The molecule has 0 unspecified atom stereocenters. The van der Waals surface area contributed by atoms with Crippen LogP contribution in [0.25, 0.3) is 0 Å². The van der Waals surface area contributed by atoms with Gasteiger partial charge >= 0.3 is 0 Å². The van der Waals surface area contributed by atoms with Crippen LogP contribution in [0.15, 0.2) is 41.3 Å². The van der Waals surface area contributed by atoms with E-state index in [0.29, 0.717) is 24.7 Å². The second kappa shape index (κ2) is 12.2. The van der Waals surface area contributed by atoms with Crippen LogP contribution in [-0.2, 0) is 11.2 Å². The van der Waals surface area contributed by atoms with Crippen LogP contribution in [0.5, 0.6) is 23.0 Å². The number of methoxy groups -OCH3 is 3. The third-order valence-corrected chi connectivity index (χ3v) is 5.60. The van der Waals surface area contributed by atoms with Gasteiger partial charge in [0.05, 0.1) is 33.2 Å². The van der Waals surface area contributed by atoms with E-state index in [0.717, 1.165) is 34.8 Å². The van der Waals surface area contributed by atoms with Gasteiger partial charge in [-0.2, -0.15) is 0 Å². The van der Waals surface area contributed by atoms with E-state index in [9.17, 15) is 4.79 Å². The standard InChI is InChI=1S/C23H31NO5S/c1-6-29-20-11-9-17(14-21(20)27-4)8-7-13-24-23(25)16(2)30-18-10-12-19(26-3)22(15-18)28-5/h9-12,14-16H,6-8,13H2,1-5H3,(H,24,25)/t16-/m0/s1. The lowest BCUT2D eigenvalue weighted by atomic mass is 10.1. The fourth-order valence-corrected chi connectivity index (χ4v) is 3.86. The number of hydrogen-bond acceptors (Lipinski definition) is 6. The van der Waals surface area contributed by atoms with E-state index in [1.165, 1.54) is 11.8 Å². The maximum absolute atomic E-state index is 12.4. The minimum atomic E-state index is -0.214. The summed E-state index contributed by atoms with van der Waals surface area (Å²) >= 11 is 1.49. The zero-order valence-electron chi connectivity index (χ0n) is 18.3. The minimum absolute atomic E-state index is 0.0130. The summed E-state index contributed by atoms with van der Waals surface area (Å²) in [7, 11) is 4.84. The van der Waals surface area contributed by atoms with Crippen molar-refractivity contribution in [2.45, 2.75) is 36.8 Å². The first-order chi connectivity index (χ1) is 14.5. The average Bonchev–Trinajstić information content (AvgIpc) is 2.77. The number of aryl methyl sites for hydroxylation is 1. The monoisotopic (exact) mass is 433 g/mol. The van der Waals surface area contributed by atoms with E-state index in [2.05, 4.69) is 5.32 Å². The summed E-state index contributed by atoms with van der Waals surface area (Å²) in [4.78, 5) is 13.4. The summed E-state index contributed by atoms with van der Waals surface area (Å²) in [5.41, 5.74) is 1.15. The van der Waals surface area contributed by atoms with Crippen molar-refractivity contribution in [3.63, 3.8) is 0 Å². The molecule has 0 fully saturated rings. The number of carbonyl (C=O) groups excluding carboxylic acids is 1. The van der Waals surface area contributed by atoms with Crippen LogP contribution in [0.4, 0.5) is 0 Å². The maximum atomic E-state index is 12.4. The number of rotatable bonds is 12. The van der Waals surface area contributed by atoms with Crippen LogP contribution in [-0.4, -0.2) is 45.6 Å². The molecule has 1 amide bonds. The van der Waals surface area contributed by atoms with Crippen molar-refractivity contribution < 1.29 is 23.7 Å². The quantitative estimate of drug-likeness (QED) is 0.397. The summed E-state index contributed by atoms with van der Waals surface area (Å²) < 4.78 is 21.5. The molecule has 7 heteroatoms. The van der Waals surface area contributed by atoms with Gasteiger partial charge < -0.3 is 24.3 Å². The molecule has 0 bridgehead atoms. The largest absolute Gasteiger partial charge is 0.493 e. The van der Waals surface area contributed by atoms with Crippen LogP contribution < -0.4 is 24.3 Å². The Balaban J connectivity index is 1.80. The molecule has 2 aromatic carbocycles. The van der Waals surface area contributed by atoms with E-state index < -0.39 is 0 Å². The molecular formula is C23H31NO5S. The number of amides is 1. The number of thioether (sulfide) groups is 1. The van der Waals surface area contributed by atoms with Crippen LogP contribution in [0.3, 0.4) is 0 Å². The molecular weight excluding hydrogens is 402 g/mol. The summed E-state index contributed by atoms with van der Waals surface area (Å²) in [5.74, 6) is 2.82. The predicted octanol–water partition coefficient (Wildman–Crippen LogP) is 4.34. The Morgan fingerprint density at radius 2 is 1.63 bits per heavy atom. The average molecular weight is 434 g/mol. The van der Waals surface area contributed by atoms with E-state index in [1.807, 2.05) is 50.2 Å². The zero-order chi connectivity index (χ0) is 21.9. The molecule has 0 aliphatic heterocycles. The minimum Gasteiger partial charge on any atom is -0.493 e.